The molecule has 7 heteroatoms. The van der Waals surface area contributed by atoms with Crippen LogP contribution in [0.1, 0.15) is 19.4 Å². The van der Waals surface area contributed by atoms with Gasteiger partial charge in [0.25, 0.3) is 0 Å². The summed E-state index contributed by atoms with van der Waals surface area (Å²) in [7, 11) is -2.10. The standard InChI is InChI=1S/C13H17ClN2O2S2/c1-4-19-9-10(2)16(3)20(17,18)13-6-5-11(8-15)7-12(13)14/h5-7,10H,4,9H2,1-3H3/t10-/m1/s1. The molecular weight excluding hydrogens is 316 g/mol. The number of rotatable bonds is 6. The number of nitriles is 1. The summed E-state index contributed by atoms with van der Waals surface area (Å²) in [6.07, 6.45) is 0. The summed E-state index contributed by atoms with van der Waals surface area (Å²) in [6.45, 7) is 3.89. The average molecular weight is 333 g/mol. The molecule has 0 amide bonds. The molecule has 1 aromatic carbocycles. The first kappa shape index (κ1) is 17.3. The average Bonchev–Trinajstić information content (AvgIpc) is 2.43. The summed E-state index contributed by atoms with van der Waals surface area (Å²) in [5.41, 5.74) is 0.339. The Morgan fingerprint density at radius 3 is 2.65 bits per heavy atom. The SMILES string of the molecule is CCSC[C@@H](C)N(C)S(=O)(=O)c1ccc(C#N)cc1Cl. The molecule has 1 rings (SSSR count). The topological polar surface area (TPSA) is 61.2 Å². The number of nitrogens with zero attached hydrogens (tertiary/aromatic N) is 2. The zero-order valence-corrected chi connectivity index (χ0v) is 14.0. The first-order chi connectivity index (χ1) is 9.34. The third kappa shape index (κ3) is 3.89. The third-order valence-corrected chi connectivity index (χ3v) is 6.48. The van der Waals surface area contributed by atoms with Crippen molar-refractivity contribution in [1.29, 1.82) is 5.26 Å². The highest BCUT2D eigenvalue weighted by Crippen LogP contribution is 2.26. The molecule has 0 fully saturated rings. The van der Waals surface area contributed by atoms with Crippen LogP contribution in [0.3, 0.4) is 0 Å². The van der Waals surface area contributed by atoms with Crippen LogP contribution >= 0.6 is 23.4 Å². The summed E-state index contributed by atoms with van der Waals surface area (Å²) in [5.74, 6) is 1.66. The van der Waals surface area contributed by atoms with Gasteiger partial charge < -0.3 is 0 Å². The Kier molecular flexibility index (Phi) is 6.34. The lowest BCUT2D eigenvalue weighted by Crippen LogP contribution is -2.36. The molecule has 0 aliphatic heterocycles. The zero-order chi connectivity index (χ0) is 15.3. The number of sulfonamides is 1. The molecule has 1 atom stereocenters. The Hall–Kier alpha value is -0.740. The number of hydrogen-bond acceptors (Lipinski definition) is 4. The van der Waals surface area contributed by atoms with E-state index in [1.54, 1.807) is 18.8 Å². The number of halogens is 1. The normalized spacial score (nSPS) is 13.2. The first-order valence-corrected chi connectivity index (χ1v) is 9.07. The van der Waals surface area contributed by atoms with Crippen LogP contribution in [0.4, 0.5) is 0 Å². The minimum Gasteiger partial charge on any atom is -0.207 e. The van der Waals surface area contributed by atoms with Gasteiger partial charge in [0.2, 0.25) is 10.0 Å². The van der Waals surface area contributed by atoms with E-state index in [4.69, 9.17) is 16.9 Å². The molecule has 0 spiro atoms. The number of benzene rings is 1. The predicted octanol–water partition coefficient (Wildman–Crippen LogP) is 2.97. The second-order valence-electron chi connectivity index (χ2n) is 4.29. The molecule has 0 unspecified atom stereocenters. The Bertz CT molecular complexity index is 611. The molecule has 0 N–H and O–H groups in total. The zero-order valence-electron chi connectivity index (χ0n) is 11.6. The molecule has 0 aromatic heterocycles. The maximum Gasteiger partial charge on any atom is 0.244 e. The van der Waals surface area contributed by atoms with Gasteiger partial charge in [-0.25, -0.2) is 8.42 Å². The first-order valence-electron chi connectivity index (χ1n) is 6.10. The molecule has 0 radical (unpaired) electrons. The van der Waals surface area contributed by atoms with E-state index < -0.39 is 10.0 Å². The van der Waals surface area contributed by atoms with E-state index in [-0.39, 0.29) is 16.0 Å². The summed E-state index contributed by atoms with van der Waals surface area (Å²) < 4.78 is 26.3. The van der Waals surface area contributed by atoms with Crippen LogP contribution in [0, 0.1) is 11.3 Å². The number of thioether (sulfide) groups is 1. The van der Waals surface area contributed by atoms with E-state index in [0.717, 1.165) is 11.5 Å². The smallest absolute Gasteiger partial charge is 0.207 e. The fraction of sp³-hybridized carbons (Fsp3) is 0.462. The second kappa shape index (κ2) is 7.32. The predicted molar refractivity (Wildman–Crippen MR) is 83.6 cm³/mol. The lowest BCUT2D eigenvalue weighted by Gasteiger charge is -2.24. The van der Waals surface area contributed by atoms with Crippen LogP contribution < -0.4 is 0 Å². The Morgan fingerprint density at radius 1 is 1.50 bits per heavy atom. The fourth-order valence-corrected chi connectivity index (χ4v) is 4.34. The van der Waals surface area contributed by atoms with Gasteiger partial charge in [-0.15, -0.1) is 0 Å². The van der Waals surface area contributed by atoms with Gasteiger partial charge in [0.1, 0.15) is 4.90 Å². The van der Waals surface area contributed by atoms with E-state index in [9.17, 15) is 8.42 Å². The molecule has 0 saturated heterocycles. The molecule has 4 nitrogen and oxygen atoms in total. The Morgan fingerprint density at radius 2 is 2.15 bits per heavy atom. The van der Waals surface area contributed by atoms with Crippen molar-refractivity contribution in [2.24, 2.45) is 0 Å². The van der Waals surface area contributed by atoms with E-state index in [2.05, 4.69) is 0 Å². The van der Waals surface area contributed by atoms with E-state index in [0.29, 0.717) is 5.56 Å². The van der Waals surface area contributed by atoms with Gasteiger partial charge in [-0.05, 0) is 30.9 Å². The summed E-state index contributed by atoms with van der Waals surface area (Å²) in [5, 5.41) is 8.85. The molecule has 1 aromatic rings. The van der Waals surface area contributed by atoms with Crippen molar-refractivity contribution in [3.8, 4) is 6.07 Å². The largest absolute Gasteiger partial charge is 0.244 e. The van der Waals surface area contributed by atoms with Gasteiger partial charge in [0, 0.05) is 18.8 Å². The van der Waals surface area contributed by atoms with Crippen LogP contribution in [-0.4, -0.2) is 37.3 Å². The van der Waals surface area contributed by atoms with Crippen LogP contribution in [0.2, 0.25) is 5.02 Å². The van der Waals surface area contributed by atoms with Crippen molar-refractivity contribution < 1.29 is 8.42 Å². The van der Waals surface area contributed by atoms with Crippen molar-refractivity contribution in [1.82, 2.24) is 4.31 Å². The van der Waals surface area contributed by atoms with Gasteiger partial charge in [0.15, 0.2) is 0 Å². The molecular formula is C13H17ClN2O2S2. The van der Waals surface area contributed by atoms with Gasteiger partial charge >= 0.3 is 0 Å². The van der Waals surface area contributed by atoms with E-state index in [1.165, 1.54) is 22.5 Å². The monoisotopic (exact) mass is 332 g/mol. The van der Waals surface area contributed by atoms with Gasteiger partial charge in [-0.3, -0.25) is 0 Å². The summed E-state index contributed by atoms with van der Waals surface area (Å²) in [6, 6.07) is 6.01. The molecule has 0 aliphatic rings. The van der Waals surface area contributed by atoms with Crippen molar-refractivity contribution >= 4 is 33.4 Å². The van der Waals surface area contributed by atoms with Crippen LogP contribution in [-0.2, 0) is 10.0 Å². The van der Waals surface area contributed by atoms with Crippen molar-refractivity contribution in [3.05, 3.63) is 28.8 Å². The molecule has 20 heavy (non-hydrogen) atoms. The van der Waals surface area contributed by atoms with Crippen molar-refractivity contribution in [2.75, 3.05) is 18.6 Å². The van der Waals surface area contributed by atoms with E-state index >= 15 is 0 Å². The van der Waals surface area contributed by atoms with E-state index in [1.807, 2.05) is 19.9 Å². The molecule has 0 bridgehead atoms. The highest BCUT2D eigenvalue weighted by molar-refractivity contribution is 7.99. The maximum atomic E-state index is 12.5. The summed E-state index contributed by atoms with van der Waals surface area (Å²) in [4.78, 5) is 0.0361. The summed E-state index contributed by atoms with van der Waals surface area (Å²) >= 11 is 7.67. The van der Waals surface area contributed by atoms with Gasteiger partial charge in [0.05, 0.1) is 16.7 Å². The quantitative estimate of drug-likeness (QED) is 0.803. The van der Waals surface area contributed by atoms with Crippen molar-refractivity contribution in [3.63, 3.8) is 0 Å². The molecule has 0 aliphatic carbocycles. The lowest BCUT2D eigenvalue weighted by atomic mass is 10.2. The van der Waals surface area contributed by atoms with Crippen LogP contribution in [0.5, 0.6) is 0 Å². The van der Waals surface area contributed by atoms with Crippen LogP contribution in [0.15, 0.2) is 23.1 Å². The maximum absolute atomic E-state index is 12.5. The minimum absolute atomic E-state index is 0.0361. The number of hydrogen-bond donors (Lipinski definition) is 0. The van der Waals surface area contributed by atoms with Gasteiger partial charge in [-0.2, -0.15) is 21.3 Å². The highest BCUT2D eigenvalue weighted by Gasteiger charge is 2.27. The second-order valence-corrected chi connectivity index (χ2v) is 7.98. The molecule has 0 saturated carbocycles. The Balaban J connectivity index is 3.08. The van der Waals surface area contributed by atoms with Crippen molar-refractivity contribution in [2.45, 2.75) is 24.8 Å². The third-order valence-electron chi connectivity index (χ3n) is 2.90. The van der Waals surface area contributed by atoms with Crippen LogP contribution in [0.25, 0.3) is 0 Å². The minimum atomic E-state index is -3.65. The molecule has 0 heterocycles. The molecule has 110 valence electrons. The highest BCUT2D eigenvalue weighted by atomic mass is 35.5. The lowest BCUT2D eigenvalue weighted by molar-refractivity contribution is 0.415. The Labute approximate surface area is 129 Å². The fourth-order valence-electron chi connectivity index (χ4n) is 1.56. The van der Waals surface area contributed by atoms with Gasteiger partial charge in [-0.1, -0.05) is 18.5 Å².